The molecule has 4 heteroatoms. The van der Waals surface area contributed by atoms with E-state index in [1.165, 1.54) is 5.69 Å². The number of ketones is 1. The zero-order valence-corrected chi connectivity index (χ0v) is 15.5. The lowest BCUT2D eigenvalue weighted by molar-refractivity contribution is -0.148. The van der Waals surface area contributed by atoms with Gasteiger partial charge in [-0.2, -0.15) is 0 Å². The van der Waals surface area contributed by atoms with E-state index in [9.17, 15) is 9.59 Å². The molecule has 1 amide bonds. The first-order valence-electron chi connectivity index (χ1n) is 9.45. The van der Waals surface area contributed by atoms with E-state index in [-0.39, 0.29) is 16.7 Å². The van der Waals surface area contributed by atoms with Gasteiger partial charge >= 0.3 is 0 Å². The van der Waals surface area contributed by atoms with Gasteiger partial charge in [0.15, 0.2) is 0 Å². The van der Waals surface area contributed by atoms with Crippen LogP contribution in [0.25, 0.3) is 0 Å². The van der Waals surface area contributed by atoms with Crippen LogP contribution < -0.4 is 4.90 Å². The lowest BCUT2D eigenvalue weighted by atomic mass is 9.64. The normalized spacial score (nSPS) is 33.8. The summed E-state index contributed by atoms with van der Waals surface area (Å²) in [5.41, 5.74) is 0.171. The number of hydrogen-bond donors (Lipinski definition) is 0. The number of rotatable bonds is 2. The molecule has 3 fully saturated rings. The van der Waals surface area contributed by atoms with Crippen molar-refractivity contribution in [2.45, 2.75) is 40.0 Å². The van der Waals surface area contributed by atoms with E-state index in [2.05, 4.69) is 49.9 Å². The maximum Gasteiger partial charge on any atom is 0.229 e. The van der Waals surface area contributed by atoms with E-state index in [4.69, 9.17) is 0 Å². The largest absolute Gasteiger partial charge is 0.368 e. The number of amides is 1. The Balaban J connectivity index is 1.51. The van der Waals surface area contributed by atoms with Crippen molar-refractivity contribution in [1.82, 2.24) is 4.90 Å². The Kier molecular flexibility index (Phi) is 3.54. The minimum atomic E-state index is -0.478. The Morgan fingerprint density at radius 1 is 0.960 bits per heavy atom. The Bertz CT molecular complexity index is 706. The summed E-state index contributed by atoms with van der Waals surface area (Å²) >= 11 is 0. The van der Waals surface area contributed by atoms with Gasteiger partial charge in [-0.15, -0.1) is 0 Å². The highest BCUT2D eigenvalue weighted by atomic mass is 16.2. The number of piperazine rings is 1. The molecule has 0 N–H and O–H groups in total. The van der Waals surface area contributed by atoms with Gasteiger partial charge in [-0.1, -0.05) is 39.0 Å². The Morgan fingerprint density at radius 3 is 2.12 bits per heavy atom. The highest BCUT2D eigenvalue weighted by Gasteiger charge is 2.73. The Labute approximate surface area is 150 Å². The van der Waals surface area contributed by atoms with Crippen LogP contribution >= 0.6 is 0 Å². The van der Waals surface area contributed by atoms with Crippen molar-refractivity contribution in [3.05, 3.63) is 30.3 Å². The SMILES string of the molecule is CC1(C)[C@@]2(C(=O)N3CCN(c4ccccc4)CC3)CC[C@]1(C)C(=O)C2. The van der Waals surface area contributed by atoms with Crippen molar-refractivity contribution in [2.24, 2.45) is 16.2 Å². The first-order chi connectivity index (χ1) is 11.8. The predicted octanol–water partition coefficient (Wildman–Crippen LogP) is 3.12. The first-order valence-corrected chi connectivity index (χ1v) is 9.45. The fourth-order valence-corrected chi connectivity index (χ4v) is 5.44. The van der Waals surface area contributed by atoms with Gasteiger partial charge in [-0.05, 0) is 30.4 Å². The van der Waals surface area contributed by atoms with Gasteiger partial charge in [0.05, 0.1) is 5.41 Å². The molecule has 1 aromatic carbocycles. The van der Waals surface area contributed by atoms with Crippen molar-refractivity contribution in [3.63, 3.8) is 0 Å². The summed E-state index contributed by atoms with van der Waals surface area (Å²) in [6.45, 7) is 9.57. The van der Waals surface area contributed by atoms with Crippen LogP contribution in [0.4, 0.5) is 5.69 Å². The number of Topliss-reactive ketones (excluding diaryl/α,β-unsaturated/α-hetero) is 1. The van der Waals surface area contributed by atoms with Crippen LogP contribution in [0.2, 0.25) is 0 Å². The highest BCUT2D eigenvalue weighted by Crippen LogP contribution is 2.71. The van der Waals surface area contributed by atoms with Gasteiger partial charge in [0, 0.05) is 43.7 Å². The van der Waals surface area contributed by atoms with Gasteiger partial charge in [-0.3, -0.25) is 9.59 Å². The third kappa shape index (κ3) is 2.06. The number of nitrogens with zero attached hydrogens (tertiary/aromatic N) is 2. The first kappa shape index (κ1) is 16.6. The fraction of sp³-hybridized carbons (Fsp3) is 0.619. The number of anilines is 1. The van der Waals surface area contributed by atoms with Gasteiger partial charge in [-0.25, -0.2) is 0 Å². The number of fused-ring (bicyclic) bond motifs is 2. The minimum absolute atomic E-state index is 0.222. The third-order valence-corrected chi connectivity index (χ3v) is 7.80. The average Bonchev–Trinajstić information content (AvgIpc) is 2.92. The summed E-state index contributed by atoms with van der Waals surface area (Å²) in [6, 6.07) is 10.4. The molecule has 4 rings (SSSR count). The number of carbonyl (C=O) groups excluding carboxylic acids is 2. The second-order valence-electron chi connectivity index (χ2n) is 8.75. The quantitative estimate of drug-likeness (QED) is 0.830. The van der Waals surface area contributed by atoms with Crippen LogP contribution in [0.3, 0.4) is 0 Å². The molecule has 134 valence electrons. The van der Waals surface area contributed by atoms with Crippen molar-refractivity contribution < 1.29 is 9.59 Å². The van der Waals surface area contributed by atoms with E-state index >= 15 is 0 Å². The monoisotopic (exact) mass is 340 g/mol. The summed E-state index contributed by atoms with van der Waals surface area (Å²) in [6.07, 6.45) is 2.16. The summed E-state index contributed by atoms with van der Waals surface area (Å²) in [5, 5.41) is 0. The maximum absolute atomic E-state index is 13.5. The minimum Gasteiger partial charge on any atom is -0.368 e. The topological polar surface area (TPSA) is 40.6 Å². The molecule has 25 heavy (non-hydrogen) atoms. The molecule has 1 aromatic rings. The number of benzene rings is 1. The van der Waals surface area contributed by atoms with Crippen molar-refractivity contribution in [1.29, 1.82) is 0 Å². The summed E-state index contributed by atoms with van der Waals surface area (Å²) in [5.74, 6) is 0.514. The molecule has 3 aliphatic rings. The molecule has 2 atom stereocenters. The maximum atomic E-state index is 13.5. The summed E-state index contributed by atoms with van der Waals surface area (Å²) in [4.78, 5) is 30.5. The molecule has 0 aromatic heterocycles. The van der Waals surface area contributed by atoms with E-state index in [0.717, 1.165) is 39.0 Å². The highest BCUT2D eigenvalue weighted by molar-refractivity contribution is 5.99. The van der Waals surface area contributed by atoms with E-state index in [1.807, 2.05) is 11.0 Å². The summed E-state index contributed by atoms with van der Waals surface area (Å²) in [7, 11) is 0. The zero-order valence-electron chi connectivity index (χ0n) is 15.5. The molecule has 0 unspecified atom stereocenters. The molecule has 1 saturated heterocycles. The molecule has 2 bridgehead atoms. The Hall–Kier alpha value is -1.84. The lowest BCUT2D eigenvalue weighted by Crippen LogP contribution is -2.55. The van der Waals surface area contributed by atoms with Crippen LogP contribution in [0, 0.1) is 16.2 Å². The van der Waals surface area contributed by atoms with Gasteiger partial charge in [0.25, 0.3) is 0 Å². The van der Waals surface area contributed by atoms with Crippen LogP contribution in [0.15, 0.2) is 30.3 Å². The second-order valence-corrected chi connectivity index (χ2v) is 8.75. The standard InChI is InChI=1S/C21H28N2O2/c1-19(2)20(3)9-10-21(19,15-17(20)24)18(25)23-13-11-22(12-14-23)16-7-5-4-6-8-16/h4-8H,9-15H2,1-3H3/t20-,21+/m1/s1. The number of carbonyl (C=O) groups is 2. The number of hydrogen-bond acceptors (Lipinski definition) is 3. The van der Waals surface area contributed by atoms with Crippen molar-refractivity contribution in [3.8, 4) is 0 Å². The van der Waals surface area contributed by atoms with Crippen LogP contribution in [0.1, 0.15) is 40.0 Å². The molecule has 4 nitrogen and oxygen atoms in total. The average molecular weight is 340 g/mol. The summed E-state index contributed by atoms with van der Waals surface area (Å²) < 4.78 is 0. The van der Waals surface area contributed by atoms with E-state index in [0.29, 0.717) is 12.2 Å². The second kappa shape index (κ2) is 5.33. The lowest BCUT2D eigenvalue weighted by Gasteiger charge is -2.44. The zero-order chi connectivity index (χ0) is 17.9. The predicted molar refractivity (Wildman–Crippen MR) is 98.4 cm³/mol. The molecule has 2 aliphatic carbocycles. The molecule has 1 heterocycles. The fourth-order valence-electron chi connectivity index (χ4n) is 5.44. The Morgan fingerprint density at radius 2 is 1.60 bits per heavy atom. The van der Waals surface area contributed by atoms with E-state index < -0.39 is 5.41 Å². The van der Waals surface area contributed by atoms with Crippen LogP contribution in [-0.4, -0.2) is 42.8 Å². The van der Waals surface area contributed by atoms with Crippen molar-refractivity contribution >= 4 is 17.4 Å². The van der Waals surface area contributed by atoms with Gasteiger partial charge in [0.1, 0.15) is 5.78 Å². The molecule has 1 aliphatic heterocycles. The van der Waals surface area contributed by atoms with Gasteiger partial charge < -0.3 is 9.80 Å². The van der Waals surface area contributed by atoms with E-state index in [1.54, 1.807) is 0 Å². The van der Waals surface area contributed by atoms with Crippen LogP contribution in [0.5, 0.6) is 0 Å². The molecule has 0 radical (unpaired) electrons. The van der Waals surface area contributed by atoms with Gasteiger partial charge in [0.2, 0.25) is 5.91 Å². The van der Waals surface area contributed by atoms with Crippen molar-refractivity contribution in [2.75, 3.05) is 31.1 Å². The molecule has 2 saturated carbocycles. The molecule has 0 spiro atoms. The smallest absolute Gasteiger partial charge is 0.229 e. The third-order valence-electron chi connectivity index (χ3n) is 7.80. The van der Waals surface area contributed by atoms with Crippen LogP contribution in [-0.2, 0) is 9.59 Å². The number of para-hydroxylation sites is 1. The molecular weight excluding hydrogens is 312 g/mol. The molecular formula is C21H28N2O2.